The van der Waals surface area contributed by atoms with Crippen LogP contribution in [0.5, 0.6) is 0 Å². The number of esters is 1. The Labute approximate surface area is 147 Å². The Morgan fingerprint density at radius 3 is 2.42 bits per heavy atom. The maximum Gasteiger partial charge on any atom is 0.323 e. The van der Waals surface area contributed by atoms with Gasteiger partial charge < -0.3 is 15.0 Å². The van der Waals surface area contributed by atoms with E-state index in [9.17, 15) is 4.79 Å². The van der Waals surface area contributed by atoms with Crippen LogP contribution in [0.4, 0.5) is 0 Å². The second-order valence-corrected chi connectivity index (χ2v) is 6.57. The molecule has 0 aromatic heterocycles. The summed E-state index contributed by atoms with van der Waals surface area (Å²) in [6.07, 6.45) is 1.57. The largest absolute Gasteiger partial charge is 0.465 e. The Morgan fingerprint density at radius 1 is 1.17 bits per heavy atom. The average molecular weight is 335 g/mol. The van der Waals surface area contributed by atoms with Gasteiger partial charge in [0.2, 0.25) is 0 Å². The number of carbonyl (C=O) groups is 1. The molecule has 24 heavy (non-hydrogen) atoms. The average Bonchev–Trinajstić information content (AvgIpc) is 2.58. The minimum absolute atomic E-state index is 0.140. The lowest BCUT2D eigenvalue weighted by molar-refractivity contribution is -0.146. The van der Waals surface area contributed by atoms with E-state index in [0.717, 1.165) is 38.2 Å². The fourth-order valence-corrected chi connectivity index (χ4v) is 2.52. The van der Waals surface area contributed by atoms with Crippen LogP contribution in [0.15, 0.2) is 30.3 Å². The molecular formula is C20H34N2O2. The number of likely N-dealkylation sites (N-methyl/N-ethyl adjacent to an activating group) is 1. The highest BCUT2D eigenvalue weighted by atomic mass is 16.5. The van der Waals surface area contributed by atoms with E-state index >= 15 is 0 Å². The molecule has 1 atom stereocenters. The summed E-state index contributed by atoms with van der Waals surface area (Å²) in [5.74, 6) is 0.403. The normalized spacial score (nSPS) is 12.6. The molecule has 0 amide bonds. The van der Waals surface area contributed by atoms with E-state index < -0.39 is 0 Å². The number of rotatable bonds is 12. The van der Waals surface area contributed by atoms with Crippen molar-refractivity contribution in [1.29, 1.82) is 0 Å². The second kappa shape index (κ2) is 12.0. The zero-order valence-corrected chi connectivity index (χ0v) is 15.8. The Morgan fingerprint density at radius 2 is 1.83 bits per heavy atom. The summed E-state index contributed by atoms with van der Waals surface area (Å²) < 4.78 is 5.48. The summed E-state index contributed by atoms with van der Waals surface area (Å²) >= 11 is 0. The highest BCUT2D eigenvalue weighted by molar-refractivity contribution is 5.76. The van der Waals surface area contributed by atoms with Crippen LogP contribution in [0.25, 0.3) is 0 Å². The van der Waals surface area contributed by atoms with Crippen molar-refractivity contribution < 1.29 is 9.53 Å². The summed E-state index contributed by atoms with van der Waals surface area (Å²) in [4.78, 5) is 14.8. The summed E-state index contributed by atoms with van der Waals surface area (Å²) in [5, 5.41) is 3.39. The monoisotopic (exact) mass is 334 g/mol. The molecule has 0 saturated heterocycles. The lowest BCUT2D eigenvalue weighted by atomic mass is 10.1. The van der Waals surface area contributed by atoms with Gasteiger partial charge in [0.25, 0.3) is 0 Å². The molecule has 0 fully saturated rings. The molecule has 4 heteroatoms. The van der Waals surface area contributed by atoms with Crippen LogP contribution in [-0.4, -0.2) is 49.7 Å². The fourth-order valence-electron chi connectivity index (χ4n) is 2.52. The quantitative estimate of drug-likeness (QED) is 0.596. The fraction of sp³-hybridized carbons (Fsp3) is 0.650. The number of nitrogens with one attached hydrogen (secondary N) is 1. The van der Waals surface area contributed by atoms with Gasteiger partial charge in [0, 0.05) is 13.1 Å². The third-order valence-corrected chi connectivity index (χ3v) is 4.22. The molecule has 1 N–H and O–H groups in total. The van der Waals surface area contributed by atoms with E-state index in [0.29, 0.717) is 18.9 Å². The van der Waals surface area contributed by atoms with Gasteiger partial charge in [-0.2, -0.15) is 0 Å². The van der Waals surface area contributed by atoms with Gasteiger partial charge in [-0.1, -0.05) is 58.0 Å². The van der Waals surface area contributed by atoms with Gasteiger partial charge in [-0.05, 0) is 37.4 Å². The van der Waals surface area contributed by atoms with Gasteiger partial charge in [-0.3, -0.25) is 4.79 Å². The zero-order chi connectivity index (χ0) is 17.8. The summed E-state index contributed by atoms with van der Waals surface area (Å²) in [5.41, 5.74) is 1.15. The topological polar surface area (TPSA) is 41.6 Å². The van der Waals surface area contributed by atoms with E-state index in [-0.39, 0.29) is 12.0 Å². The molecule has 4 nitrogen and oxygen atoms in total. The van der Waals surface area contributed by atoms with Gasteiger partial charge in [0.15, 0.2) is 0 Å². The van der Waals surface area contributed by atoms with Crippen LogP contribution >= 0.6 is 0 Å². The molecule has 0 heterocycles. The first kappa shape index (κ1) is 20.7. The first-order valence-electron chi connectivity index (χ1n) is 9.23. The number of benzene rings is 1. The SMILES string of the molecule is CCN(CC)CCNC(Cc1ccccc1)C(=O)OCCC(C)C. The van der Waals surface area contributed by atoms with Crippen molar-refractivity contribution >= 4 is 5.97 Å². The molecule has 0 saturated carbocycles. The number of hydrogen-bond donors (Lipinski definition) is 1. The maximum absolute atomic E-state index is 12.4. The van der Waals surface area contributed by atoms with Gasteiger partial charge >= 0.3 is 5.97 Å². The summed E-state index contributed by atoms with van der Waals surface area (Å²) in [7, 11) is 0. The van der Waals surface area contributed by atoms with Crippen LogP contribution in [0.1, 0.15) is 39.7 Å². The van der Waals surface area contributed by atoms with E-state index in [1.165, 1.54) is 0 Å². The highest BCUT2D eigenvalue weighted by Gasteiger charge is 2.20. The molecule has 0 aliphatic carbocycles. The molecule has 0 bridgehead atoms. The third-order valence-electron chi connectivity index (χ3n) is 4.22. The molecular weight excluding hydrogens is 300 g/mol. The minimum Gasteiger partial charge on any atom is -0.465 e. The molecule has 1 unspecified atom stereocenters. The van der Waals surface area contributed by atoms with Crippen molar-refractivity contribution in [2.24, 2.45) is 5.92 Å². The van der Waals surface area contributed by atoms with Crippen molar-refractivity contribution in [1.82, 2.24) is 10.2 Å². The second-order valence-electron chi connectivity index (χ2n) is 6.57. The van der Waals surface area contributed by atoms with Gasteiger partial charge in [-0.15, -0.1) is 0 Å². The number of nitrogens with zero attached hydrogens (tertiary/aromatic N) is 1. The van der Waals surface area contributed by atoms with Crippen molar-refractivity contribution in [2.75, 3.05) is 32.8 Å². The third kappa shape index (κ3) is 8.46. The van der Waals surface area contributed by atoms with Crippen LogP contribution in [0.3, 0.4) is 0 Å². The smallest absolute Gasteiger partial charge is 0.323 e. The van der Waals surface area contributed by atoms with E-state index in [2.05, 4.69) is 50.0 Å². The van der Waals surface area contributed by atoms with Crippen LogP contribution in [0, 0.1) is 5.92 Å². The minimum atomic E-state index is -0.282. The van der Waals surface area contributed by atoms with Crippen LogP contribution in [0.2, 0.25) is 0 Å². The molecule has 0 spiro atoms. The zero-order valence-electron chi connectivity index (χ0n) is 15.8. The number of carbonyl (C=O) groups excluding carboxylic acids is 1. The molecule has 1 rings (SSSR count). The maximum atomic E-state index is 12.4. The standard InChI is InChI=1S/C20H34N2O2/c1-5-22(6-2)14-13-21-19(16-18-10-8-7-9-11-18)20(23)24-15-12-17(3)4/h7-11,17,19,21H,5-6,12-16H2,1-4H3. The van der Waals surface area contributed by atoms with Gasteiger partial charge in [-0.25, -0.2) is 0 Å². The first-order chi connectivity index (χ1) is 11.6. The van der Waals surface area contributed by atoms with Crippen LogP contribution < -0.4 is 5.32 Å². The van der Waals surface area contributed by atoms with E-state index in [4.69, 9.17) is 4.74 Å². The van der Waals surface area contributed by atoms with Crippen LogP contribution in [-0.2, 0) is 16.0 Å². The Hall–Kier alpha value is -1.39. The summed E-state index contributed by atoms with van der Waals surface area (Å²) in [6, 6.07) is 9.84. The van der Waals surface area contributed by atoms with Crippen molar-refractivity contribution in [3.05, 3.63) is 35.9 Å². The highest BCUT2D eigenvalue weighted by Crippen LogP contribution is 2.06. The van der Waals surface area contributed by atoms with Gasteiger partial charge in [0.05, 0.1) is 6.61 Å². The molecule has 1 aromatic rings. The van der Waals surface area contributed by atoms with Crippen molar-refractivity contribution in [2.45, 2.75) is 46.6 Å². The van der Waals surface area contributed by atoms with E-state index in [1.54, 1.807) is 0 Å². The summed E-state index contributed by atoms with van der Waals surface area (Å²) in [6.45, 7) is 12.9. The number of ether oxygens (including phenoxy) is 1. The Balaban J connectivity index is 2.56. The predicted molar refractivity (Wildman–Crippen MR) is 100 cm³/mol. The lowest BCUT2D eigenvalue weighted by Gasteiger charge is -2.22. The Bertz CT molecular complexity index is 444. The molecule has 0 aliphatic heterocycles. The lowest BCUT2D eigenvalue weighted by Crippen LogP contribution is -2.43. The van der Waals surface area contributed by atoms with Crippen molar-refractivity contribution in [3.63, 3.8) is 0 Å². The van der Waals surface area contributed by atoms with Gasteiger partial charge in [0.1, 0.15) is 6.04 Å². The van der Waals surface area contributed by atoms with Crippen molar-refractivity contribution in [3.8, 4) is 0 Å². The molecule has 0 radical (unpaired) electrons. The number of hydrogen-bond acceptors (Lipinski definition) is 4. The van der Waals surface area contributed by atoms with E-state index in [1.807, 2.05) is 18.2 Å². The molecule has 0 aliphatic rings. The first-order valence-corrected chi connectivity index (χ1v) is 9.23. The molecule has 136 valence electrons. The molecule has 1 aromatic carbocycles. The Kier molecular flexibility index (Phi) is 10.4. The predicted octanol–water partition coefficient (Wildman–Crippen LogP) is 3.12.